The molecule has 0 unspecified atom stereocenters. The monoisotopic (exact) mass is 329 g/mol. The second kappa shape index (κ2) is 7.34. The molecule has 3 rings (SSSR count). The van der Waals surface area contributed by atoms with E-state index < -0.39 is 0 Å². The molecule has 0 bridgehead atoms. The molecule has 5 heteroatoms. The van der Waals surface area contributed by atoms with Crippen molar-refractivity contribution in [3.8, 4) is 0 Å². The first-order valence-electron chi connectivity index (χ1n) is 8.93. The largest absolute Gasteiger partial charge is 0.356 e. The molecule has 2 aliphatic heterocycles. The van der Waals surface area contributed by atoms with Crippen molar-refractivity contribution in [3.63, 3.8) is 0 Å². The lowest BCUT2D eigenvalue weighted by Gasteiger charge is -2.34. The lowest BCUT2D eigenvalue weighted by molar-refractivity contribution is -0.121. The molecule has 1 aromatic rings. The van der Waals surface area contributed by atoms with Crippen LogP contribution in [0.4, 0.5) is 5.69 Å². The molecule has 130 valence electrons. The van der Waals surface area contributed by atoms with Gasteiger partial charge in [-0.25, -0.2) is 0 Å². The third kappa shape index (κ3) is 4.35. The molecule has 0 aliphatic carbocycles. The average Bonchev–Trinajstić information content (AvgIpc) is 2.93. The average molecular weight is 329 g/mol. The summed E-state index contributed by atoms with van der Waals surface area (Å²) in [5, 5.41) is 9.31. The Labute approximate surface area is 143 Å². The van der Waals surface area contributed by atoms with E-state index in [1.807, 2.05) is 12.1 Å². The first-order chi connectivity index (χ1) is 11.5. The van der Waals surface area contributed by atoms with Gasteiger partial charge in [-0.1, -0.05) is 19.1 Å². The summed E-state index contributed by atoms with van der Waals surface area (Å²) >= 11 is 0. The summed E-state index contributed by atoms with van der Waals surface area (Å²) in [6.07, 6.45) is 4.98. The number of aryl methyl sites for hydroxylation is 1. The van der Waals surface area contributed by atoms with Gasteiger partial charge in [-0.2, -0.15) is 0 Å². The number of anilines is 1. The Morgan fingerprint density at radius 1 is 1.29 bits per heavy atom. The Morgan fingerprint density at radius 2 is 2.08 bits per heavy atom. The van der Waals surface area contributed by atoms with Gasteiger partial charge in [0, 0.05) is 18.7 Å². The second-order valence-electron chi connectivity index (χ2n) is 7.41. The van der Waals surface area contributed by atoms with E-state index in [0.29, 0.717) is 12.8 Å². The molecule has 2 amide bonds. The number of carbonyl (C=O) groups is 2. The van der Waals surface area contributed by atoms with Crippen LogP contribution < -0.4 is 16.0 Å². The van der Waals surface area contributed by atoms with Crippen molar-refractivity contribution in [3.05, 3.63) is 29.3 Å². The van der Waals surface area contributed by atoms with Crippen LogP contribution in [0.3, 0.4) is 0 Å². The Morgan fingerprint density at radius 3 is 2.88 bits per heavy atom. The number of amides is 2. The zero-order valence-corrected chi connectivity index (χ0v) is 14.4. The maximum absolute atomic E-state index is 12.1. The van der Waals surface area contributed by atoms with Gasteiger partial charge in [-0.15, -0.1) is 0 Å². The fourth-order valence-corrected chi connectivity index (χ4v) is 3.50. The Hall–Kier alpha value is -1.88. The van der Waals surface area contributed by atoms with Gasteiger partial charge in [0.1, 0.15) is 0 Å². The minimum Gasteiger partial charge on any atom is -0.356 e. The van der Waals surface area contributed by atoms with Gasteiger partial charge in [0.25, 0.3) is 0 Å². The summed E-state index contributed by atoms with van der Waals surface area (Å²) in [4.78, 5) is 23.4. The second-order valence-corrected chi connectivity index (χ2v) is 7.41. The van der Waals surface area contributed by atoms with Crippen LogP contribution in [0.2, 0.25) is 0 Å². The van der Waals surface area contributed by atoms with E-state index in [1.165, 1.54) is 5.56 Å². The molecule has 0 spiro atoms. The molecule has 1 fully saturated rings. The highest BCUT2D eigenvalue weighted by atomic mass is 16.2. The summed E-state index contributed by atoms with van der Waals surface area (Å²) in [5.41, 5.74) is 3.43. The number of piperidine rings is 1. The van der Waals surface area contributed by atoms with E-state index in [2.05, 4.69) is 28.9 Å². The van der Waals surface area contributed by atoms with E-state index in [-0.39, 0.29) is 17.2 Å². The molecule has 0 radical (unpaired) electrons. The summed E-state index contributed by atoms with van der Waals surface area (Å²) in [5.74, 6) is 0.209. The number of nitrogens with one attached hydrogen (secondary N) is 3. The third-order valence-electron chi connectivity index (χ3n) is 5.19. The molecular weight excluding hydrogens is 302 g/mol. The molecule has 2 heterocycles. The molecular formula is C19H27N3O2. The quantitative estimate of drug-likeness (QED) is 0.748. The van der Waals surface area contributed by atoms with Crippen molar-refractivity contribution in [2.45, 2.75) is 45.4 Å². The molecule has 1 saturated heterocycles. The van der Waals surface area contributed by atoms with Crippen molar-refractivity contribution in [2.24, 2.45) is 5.41 Å². The highest BCUT2D eigenvalue weighted by molar-refractivity contribution is 5.99. The highest BCUT2D eigenvalue weighted by Gasteiger charge is 2.26. The SMILES string of the molecule is CC1(CNC(=O)CCCc2ccc3c(c2)CC(=O)N3)CCNCC1. The van der Waals surface area contributed by atoms with Crippen LogP contribution in [0, 0.1) is 5.41 Å². The Kier molecular flexibility index (Phi) is 5.19. The Balaban J connectivity index is 1.39. The third-order valence-corrected chi connectivity index (χ3v) is 5.19. The van der Waals surface area contributed by atoms with Crippen LogP contribution in [0.25, 0.3) is 0 Å². The maximum atomic E-state index is 12.1. The summed E-state index contributed by atoms with van der Waals surface area (Å²) in [7, 11) is 0. The van der Waals surface area contributed by atoms with Gasteiger partial charge in [0.05, 0.1) is 6.42 Å². The van der Waals surface area contributed by atoms with Gasteiger partial charge in [0.15, 0.2) is 0 Å². The molecule has 3 N–H and O–H groups in total. The number of hydrogen-bond donors (Lipinski definition) is 3. The summed E-state index contributed by atoms with van der Waals surface area (Å²) in [6.45, 7) is 5.12. The number of fused-ring (bicyclic) bond motifs is 1. The van der Waals surface area contributed by atoms with Crippen molar-refractivity contribution in [1.29, 1.82) is 0 Å². The predicted octanol–water partition coefficient (Wildman–Crippen LogP) is 2.01. The van der Waals surface area contributed by atoms with Crippen molar-refractivity contribution in [1.82, 2.24) is 10.6 Å². The van der Waals surface area contributed by atoms with E-state index in [9.17, 15) is 9.59 Å². The van der Waals surface area contributed by atoms with E-state index in [0.717, 1.165) is 56.6 Å². The molecule has 2 aliphatic rings. The van der Waals surface area contributed by atoms with E-state index in [4.69, 9.17) is 0 Å². The molecule has 5 nitrogen and oxygen atoms in total. The van der Waals surface area contributed by atoms with Gasteiger partial charge in [-0.3, -0.25) is 9.59 Å². The lowest BCUT2D eigenvalue weighted by Crippen LogP contribution is -2.42. The van der Waals surface area contributed by atoms with Gasteiger partial charge in [-0.05, 0) is 61.4 Å². The summed E-state index contributed by atoms with van der Waals surface area (Å²) in [6, 6.07) is 6.09. The minimum atomic E-state index is 0.0629. The van der Waals surface area contributed by atoms with Crippen molar-refractivity contribution < 1.29 is 9.59 Å². The fraction of sp³-hybridized carbons (Fsp3) is 0.579. The first-order valence-corrected chi connectivity index (χ1v) is 8.93. The van der Waals surface area contributed by atoms with Crippen LogP contribution in [0.5, 0.6) is 0 Å². The van der Waals surface area contributed by atoms with Crippen molar-refractivity contribution >= 4 is 17.5 Å². The normalized spacial score (nSPS) is 18.8. The van der Waals surface area contributed by atoms with E-state index >= 15 is 0 Å². The number of benzene rings is 1. The zero-order chi connectivity index (χ0) is 17.0. The van der Waals surface area contributed by atoms with Crippen LogP contribution in [0.15, 0.2) is 18.2 Å². The van der Waals surface area contributed by atoms with Crippen molar-refractivity contribution in [2.75, 3.05) is 25.0 Å². The summed E-state index contributed by atoms with van der Waals surface area (Å²) < 4.78 is 0. The van der Waals surface area contributed by atoms with Crippen LogP contribution in [0.1, 0.15) is 43.7 Å². The van der Waals surface area contributed by atoms with Gasteiger partial charge < -0.3 is 16.0 Å². The number of hydrogen-bond acceptors (Lipinski definition) is 3. The van der Waals surface area contributed by atoms with Crippen LogP contribution in [-0.2, 0) is 22.4 Å². The number of carbonyl (C=O) groups excluding carboxylic acids is 2. The minimum absolute atomic E-state index is 0.0629. The Bertz CT molecular complexity index is 621. The van der Waals surface area contributed by atoms with Gasteiger partial charge in [0.2, 0.25) is 11.8 Å². The molecule has 0 saturated carbocycles. The molecule has 0 atom stereocenters. The van der Waals surface area contributed by atoms with Crippen LogP contribution in [-0.4, -0.2) is 31.4 Å². The molecule has 1 aromatic carbocycles. The standard InChI is InChI=1S/C19H27N3O2/c1-19(7-9-20-10-8-19)13-21-17(23)4-2-3-14-5-6-16-15(11-14)12-18(24)22-16/h5-6,11,20H,2-4,7-10,12-13H2,1H3,(H,21,23)(H,22,24). The maximum Gasteiger partial charge on any atom is 0.228 e. The van der Waals surface area contributed by atoms with Gasteiger partial charge >= 0.3 is 0 Å². The van der Waals surface area contributed by atoms with E-state index in [1.54, 1.807) is 0 Å². The fourth-order valence-electron chi connectivity index (χ4n) is 3.50. The molecule has 24 heavy (non-hydrogen) atoms. The predicted molar refractivity (Wildman–Crippen MR) is 94.9 cm³/mol. The van der Waals surface area contributed by atoms with Crippen LogP contribution >= 0.6 is 0 Å². The molecule has 0 aromatic heterocycles. The zero-order valence-electron chi connectivity index (χ0n) is 14.4. The lowest BCUT2D eigenvalue weighted by atomic mass is 9.81. The number of rotatable bonds is 6. The highest BCUT2D eigenvalue weighted by Crippen LogP contribution is 2.27. The first kappa shape index (κ1) is 17.0. The topological polar surface area (TPSA) is 70.2 Å². The smallest absolute Gasteiger partial charge is 0.228 e.